The third-order valence-electron chi connectivity index (χ3n) is 5.63. The monoisotopic (exact) mass is 417 g/mol. The second kappa shape index (κ2) is 7.97. The summed E-state index contributed by atoms with van der Waals surface area (Å²) in [6, 6.07) is 8.77. The molecule has 1 amide bonds. The molecule has 9 heteroatoms. The fourth-order valence-corrected chi connectivity index (χ4v) is 3.98. The molecule has 1 fully saturated rings. The Hall–Kier alpha value is -3.10. The largest absolute Gasteiger partial charge is 0.434 e. The normalized spacial score (nSPS) is 19.6. The van der Waals surface area contributed by atoms with Crippen molar-refractivity contribution in [3.8, 4) is 0 Å². The zero-order valence-corrected chi connectivity index (χ0v) is 16.4. The van der Waals surface area contributed by atoms with Crippen LogP contribution in [0.5, 0.6) is 0 Å². The van der Waals surface area contributed by atoms with Crippen molar-refractivity contribution < 1.29 is 18.0 Å². The molecule has 3 heterocycles. The van der Waals surface area contributed by atoms with Gasteiger partial charge in [-0.1, -0.05) is 6.07 Å². The molecule has 4 rings (SSSR count). The number of rotatable bonds is 4. The highest BCUT2D eigenvalue weighted by molar-refractivity contribution is 5.94. The lowest BCUT2D eigenvalue weighted by Gasteiger charge is -2.36. The summed E-state index contributed by atoms with van der Waals surface area (Å²) < 4.78 is 40.7. The minimum Gasteiger partial charge on any atom is -0.358 e. The molecular formula is C21H22F3N5O. The number of fused-ring (bicyclic) bond motifs is 1. The molecule has 1 N–H and O–H groups in total. The lowest BCUT2D eigenvalue weighted by Crippen LogP contribution is -2.43. The average molecular weight is 417 g/mol. The average Bonchev–Trinajstić information content (AvgIpc) is 3.19. The Bertz CT molecular complexity index is 1030. The van der Waals surface area contributed by atoms with E-state index in [4.69, 9.17) is 0 Å². The first-order chi connectivity index (χ1) is 14.3. The van der Waals surface area contributed by atoms with Gasteiger partial charge in [0.1, 0.15) is 11.5 Å². The third kappa shape index (κ3) is 4.10. The van der Waals surface area contributed by atoms with E-state index < -0.39 is 11.9 Å². The molecule has 0 unspecified atom stereocenters. The Kier molecular flexibility index (Phi) is 5.36. The smallest absolute Gasteiger partial charge is 0.358 e. The van der Waals surface area contributed by atoms with Gasteiger partial charge in [-0.3, -0.25) is 14.2 Å². The van der Waals surface area contributed by atoms with E-state index in [1.165, 1.54) is 10.6 Å². The minimum atomic E-state index is -4.48. The fraction of sp³-hybridized carbons (Fsp3) is 0.381. The topological polar surface area (TPSA) is 62.5 Å². The van der Waals surface area contributed by atoms with Crippen molar-refractivity contribution in [3.63, 3.8) is 0 Å². The Morgan fingerprint density at radius 2 is 1.93 bits per heavy atom. The molecule has 6 nitrogen and oxygen atoms in total. The number of anilines is 1. The van der Waals surface area contributed by atoms with Gasteiger partial charge in [0.05, 0.1) is 5.56 Å². The number of pyridine rings is 2. The molecule has 3 aromatic heterocycles. The van der Waals surface area contributed by atoms with Crippen LogP contribution in [0.3, 0.4) is 0 Å². The molecule has 0 aliphatic heterocycles. The number of hydrogen-bond acceptors (Lipinski definition) is 4. The van der Waals surface area contributed by atoms with E-state index in [1.54, 1.807) is 36.5 Å². The van der Waals surface area contributed by atoms with Gasteiger partial charge in [-0.15, -0.1) is 0 Å². The summed E-state index contributed by atoms with van der Waals surface area (Å²) in [6.45, 7) is 0. The Balaban J connectivity index is 1.43. The first-order valence-corrected chi connectivity index (χ1v) is 9.82. The number of amides is 1. The van der Waals surface area contributed by atoms with Crippen LogP contribution in [0.15, 0.2) is 48.9 Å². The van der Waals surface area contributed by atoms with Crippen molar-refractivity contribution in [1.82, 2.24) is 19.7 Å². The summed E-state index contributed by atoms with van der Waals surface area (Å²) in [7, 11) is 1.89. The number of nitrogens with zero attached hydrogens (tertiary/aromatic N) is 4. The molecule has 3 aromatic rings. The quantitative estimate of drug-likeness (QED) is 0.699. The Morgan fingerprint density at radius 1 is 1.17 bits per heavy atom. The Morgan fingerprint density at radius 3 is 2.60 bits per heavy atom. The van der Waals surface area contributed by atoms with Crippen LogP contribution in [0.4, 0.5) is 19.0 Å². The standard InChI is InChI=1S/C21H22F3N5O/c1-28(19-6-2-5-18-27-17(13-29(18)19)21(22,23)24)16-9-7-15(8-10-16)26-20(30)14-4-3-11-25-12-14/h2-6,11-13,15-16H,7-10H2,1H3,(H,26,30). The fourth-order valence-electron chi connectivity index (χ4n) is 3.98. The molecule has 0 aromatic carbocycles. The SMILES string of the molecule is CN(c1cccc2nc(C(F)(F)F)cn12)C1CCC(NC(=O)c2cccnc2)CC1. The summed E-state index contributed by atoms with van der Waals surface area (Å²) in [6.07, 6.45) is 2.97. The molecular weight excluding hydrogens is 395 g/mol. The van der Waals surface area contributed by atoms with Crippen molar-refractivity contribution in [2.75, 3.05) is 11.9 Å². The molecule has 0 atom stereocenters. The molecule has 1 aliphatic rings. The van der Waals surface area contributed by atoms with Crippen LogP contribution in [0.25, 0.3) is 5.65 Å². The maximum absolute atomic E-state index is 13.1. The van der Waals surface area contributed by atoms with Crippen molar-refractivity contribution in [1.29, 1.82) is 0 Å². The number of carbonyl (C=O) groups is 1. The van der Waals surface area contributed by atoms with Gasteiger partial charge in [-0.05, 0) is 49.9 Å². The van der Waals surface area contributed by atoms with Gasteiger partial charge in [0, 0.05) is 37.7 Å². The van der Waals surface area contributed by atoms with E-state index in [9.17, 15) is 18.0 Å². The lowest BCUT2D eigenvalue weighted by atomic mass is 9.90. The maximum atomic E-state index is 13.1. The van der Waals surface area contributed by atoms with Crippen molar-refractivity contribution in [2.24, 2.45) is 0 Å². The summed E-state index contributed by atoms with van der Waals surface area (Å²) in [5.41, 5.74) is -0.0988. The molecule has 158 valence electrons. The molecule has 1 saturated carbocycles. The summed E-state index contributed by atoms with van der Waals surface area (Å²) in [5, 5.41) is 3.05. The molecule has 0 bridgehead atoms. The van der Waals surface area contributed by atoms with Crippen LogP contribution in [-0.2, 0) is 6.18 Å². The molecule has 0 spiro atoms. The first-order valence-electron chi connectivity index (χ1n) is 9.82. The number of halogens is 3. The van der Waals surface area contributed by atoms with Crippen LogP contribution in [0.2, 0.25) is 0 Å². The van der Waals surface area contributed by atoms with E-state index in [1.807, 2.05) is 11.9 Å². The van der Waals surface area contributed by atoms with Crippen LogP contribution in [0, 0.1) is 0 Å². The van der Waals surface area contributed by atoms with Crippen molar-refractivity contribution in [2.45, 2.75) is 43.9 Å². The van der Waals surface area contributed by atoms with E-state index >= 15 is 0 Å². The van der Waals surface area contributed by atoms with Gasteiger partial charge in [0.15, 0.2) is 5.69 Å². The Labute approximate surface area is 171 Å². The molecule has 0 saturated heterocycles. The zero-order valence-electron chi connectivity index (χ0n) is 16.4. The van der Waals surface area contributed by atoms with Gasteiger partial charge in [-0.2, -0.15) is 13.2 Å². The van der Waals surface area contributed by atoms with E-state index in [2.05, 4.69) is 15.3 Å². The number of alkyl halides is 3. The van der Waals surface area contributed by atoms with E-state index in [0.29, 0.717) is 11.4 Å². The zero-order chi connectivity index (χ0) is 21.3. The second-order valence-electron chi connectivity index (χ2n) is 7.57. The number of nitrogens with one attached hydrogen (secondary N) is 1. The molecule has 30 heavy (non-hydrogen) atoms. The number of aromatic nitrogens is 3. The second-order valence-corrected chi connectivity index (χ2v) is 7.57. The first kappa shape index (κ1) is 20.2. The van der Waals surface area contributed by atoms with E-state index in [-0.39, 0.29) is 23.6 Å². The van der Waals surface area contributed by atoms with Crippen LogP contribution < -0.4 is 10.2 Å². The van der Waals surface area contributed by atoms with Gasteiger partial charge in [0.2, 0.25) is 0 Å². The van der Waals surface area contributed by atoms with Crippen molar-refractivity contribution in [3.05, 3.63) is 60.2 Å². The van der Waals surface area contributed by atoms with Gasteiger partial charge in [0.25, 0.3) is 5.91 Å². The lowest BCUT2D eigenvalue weighted by molar-refractivity contribution is -0.140. The molecule has 0 radical (unpaired) electrons. The van der Waals surface area contributed by atoms with E-state index in [0.717, 1.165) is 31.9 Å². The third-order valence-corrected chi connectivity index (χ3v) is 5.63. The highest BCUT2D eigenvalue weighted by Gasteiger charge is 2.34. The minimum absolute atomic E-state index is 0.0724. The highest BCUT2D eigenvalue weighted by atomic mass is 19.4. The number of hydrogen-bond donors (Lipinski definition) is 1. The summed E-state index contributed by atoms with van der Waals surface area (Å²) >= 11 is 0. The van der Waals surface area contributed by atoms with Crippen LogP contribution >= 0.6 is 0 Å². The van der Waals surface area contributed by atoms with Gasteiger partial charge in [-0.25, -0.2) is 4.98 Å². The molecule has 1 aliphatic carbocycles. The summed E-state index contributed by atoms with van der Waals surface area (Å²) in [5.74, 6) is 0.529. The van der Waals surface area contributed by atoms with Crippen LogP contribution in [0.1, 0.15) is 41.7 Å². The summed E-state index contributed by atoms with van der Waals surface area (Å²) in [4.78, 5) is 22.0. The van der Waals surface area contributed by atoms with Crippen molar-refractivity contribution >= 4 is 17.4 Å². The maximum Gasteiger partial charge on any atom is 0.434 e. The highest BCUT2D eigenvalue weighted by Crippen LogP contribution is 2.31. The predicted molar refractivity (Wildman–Crippen MR) is 106 cm³/mol. The number of carbonyl (C=O) groups excluding carboxylic acids is 1. The number of imidazole rings is 1. The van der Waals surface area contributed by atoms with Gasteiger partial charge < -0.3 is 10.2 Å². The van der Waals surface area contributed by atoms with Gasteiger partial charge >= 0.3 is 6.18 Å². The predicted octanol–water partition coefficient (Wildman–Crippen LogP) is 3.93. The van der Waals surface area contributed by atoms with Crippen LogP contribution in [-0.4, -0.2) is 39.4 Å².